The molecule has 146 valence electrons. The largest absolute Gasteiger partial charge is 0.348 e. The highest BCUT2D eigenvalue weighted by molar-refractivity contribution is 6.02. The SMILES string of the molecule is CCN1c2ccc(F)cc2C(=O)NC12CCN(C(=O)c1cccc(F)c1)CC2. The molecule has 2 aliphatic heterocycles. The first kappa shape index (κ1) is 18.4. The number of fused-ring (bicyclic) bond motifs is 1. The van der Waals surface area contributed by atoms with Crippen molar-refractivity contribution in [1.29, 1.82) is 0 Å². The van der Waals surface area contributed by atoms with Crippen LogP contribution in [0.2, 0.25) is 0 Å². The Bertz CT molecular complexity index is 939. The minimum absolute atomic E-state index is 0.220. The topological polar surface area (TPSA) is 52.7 Å². The Balaban J connectivity index is 1.57. The van der Waals surface area contributed by atoms with E-state index in [9.17, 15) is 18.4 Å². The van der Waals surface area contributed by atoms with Crippen LogP contribution in [0.5, 0.6) is 0 Å². The maximum Gasteiger partial charge on any atom is 0.255 e. The third kappa shape index (κ3) is 3.00. The fourth-order valence-corrected chi connectivity index (χ4v) is 4.25. The number of carbonyl (C=O) groups is 2. The zero-order valence-electron chi connectivity index (χ0n) is 15.5. The molecule has 0 saturated carbocycles. The van der Waals surface area contributed by atoms with E-state index in [1.165, 1.54) is 30.3 Å². The van der Waals surface area contributed by atoms with E-state index in [2.05, 4.69) is 10.2 Å². The van der Waals surface area contributed by atoms with Gasteiger partial charge >= 0.3 is 0 Å². The lowest BCUT2D eigenvalue weighted by molar-refractivity contribution is 0.0603. The molecule has 2 aliphatic rings. The molecule has 1 N–H and O–H groups in total. The number of likely N-dealkylation sites (tertiary alicyclic amines) is 1. The van der Waals surface area contributed by atoms with Gasteiger partial charge in [-0.3, -0.25) is 9.59 Å². The van der Waals surface area contributed by atoms with Gasteiger partial charge in [0, 0.05) is 38.0 Å². The van der Waals surface area contributed by atoms with E-state index in [1.54, 1.807) is 17.0 Å². The van der Waals surface area contributed by atoms with Crippen LogP contribution in [0.25, 0.3) is 0 Å². The molecule has 7 heteroatoms. The third-order valence-electron chi connectivity index (χ3n) is 5.62. The Morgan fingerprint density at radius 1 is 1.11 bits per heavy atom. The number of anilines is 1. The number of piperidine rings is 1. The summed E-state index contributed by atoms with van der Waals surface area (Å²) in [6, 6.07) is 9.90. The summed E-state index contributed by atoms with van der Waals surface area (Å²) in [5.41, 5.74) is 0.732. The van der Waals surface area contributed by atoms with Gasteiger partial charge in [-0.25, -0.2) is 8.78 Å². The second-order valence-electron chi connectivity index (χ2n) is 7.19. The Morgan fingerprint density at radius 2 is 1.82 bits per heavy atom. The molecule has 0 bridgehead atoms. The van der Waals surface area contributed by atoms with Crippen molar-refractivity contribution in [2.75, 3.05) is 24.5 Å². The monoisotopic (exact) mass is 385 g/mol. The average Bonchev–Trinajstić information content (AvgIpc) is 2.69. The number of hydrogen-bond acceptors (Lipinski definition) is 3. The quantitative estimate of drug-likeness (QED) is 0.864. The molecule has 28 heavy (non-hydrogen) atoms. The third-order valence-corrected chi connectivity index (χ3v) is 5.62. The molecule has 2 heterocycles. The van der Waals surface area contributed by atoms with Gasteiger partial charge in [-0.15, -0.1) is 0 Å². The van der Waals surface area contributed by atoms with Gasteiger partial charge in [0.15, 0.2) is 0 Å². The molecule has 2 aromatic rings. The zero-order chi connectivity index (χ0) is 19.9. The maximum absolute atomic E-state index is 13.6. The van der Waals surface area contributed by atoms with Crippen LogP contribution in [0, 0.1) is 11.6 Å². The lowest BCUT2D eigenvalue weighted by Crippen LogP contribution is -2.68. The van der Waals surface area contributed by atoms with E-state index in [0.29, 0.717) is 49.3 Å². The van der Waals surface area contributed by atoms with Crippen molar-refractivity contribution >= 4 is 17.5 Å². The van der Waals surface area contributed by atoms with Gasteiger partial charge in [-0.05, 0) is 43.3 Å². The molecule has 1 fully saturated rings. The number of amides is 2. The molecular formula is C21H21F2N3O2. The van der Waals surface area contributed by atoms with Gasteiger partial charge in [0.2, 0.25) is 0 Å². The van der Waals surface area contributed by atoms with Crippen molar-refractivity contribution in [3.8, 4) is 0 Å². The molecule has 0 unspecified atom stereocenters. The van der Waals surface area contributed by atoms with E-state index >= 15 is 0 Å². The fraction of sp³-hybridized carbons (Fsp3) is 0.333. The van der Waals surface area contributed by atoms with Gasteiger partial charge < -0.3 is 15.1 Å². The van der Waals surface area contributed by atoms with E-state index in [-0.39, 0.29) is 11.8 Å². The summed E-state index contributed by atoms with van der Waals surface area (Å²) >= 11 is 0. The van der Waals surface area contributed by atoms with E-state index in [4.69, 9.17) is 0 Å². The second-order valence-corrected chi connectivity index (χ2v) is 7.19. The summed E-state index contributed by atoms with van der Waals surface area (Å²) in [4.78, 5) is 29.1. The van der Waals surface area contributed by atoms with Crippen molar-refractivity contribution in [2.24, 2.45) is 0 Å². The van der Waals surface area contributed by atoms with Crippen molar-refractivity contribution in [3.63, 3.8) is 0 Å². The van der Waals surface area contributed by atoms with Gasteiger partial charge in [0.25, 0.3) is 11.8 Å². The van der Waals surface area contributed by atoms with Crippen molar-refractivity contribution in [1.82, 2.24) is 10.2 Å². The molecule has 0 aromatic heterocycles. The van der Waals surface area contributed by atoms with Crippen LogP contribution >= 0.6 is 0 Å². The lowest BCUT2D eigenvalue weighted by atomic mass is 9.89. The Hall–Kier alpha value is -2.96. The number of hydrogen-bond donors (Lipinski definition) is 1. The van der Waals surface area contributed by atoms with Crippen LogP contribution in [-0.2, 0) is 0 Å². The molecule has 2 aromatic carbocycles. The summed E-state index contributed by atoms with van der Waals surface area (Å²) in [7, 11) is 0. The smallest absolute Gasteiger partial charge is 0.255 e. The Morgan fingerprint density at radius 3 is 2.50 bits per heavy atom. The minimum Gasteiger partial charge on any atom is -0.348 e. The predicted molar refractivity (Wildman–Crippen MR) is 101 cm³/mol. The lowest BCUT2D eigenvalue weighted by Gasteiger charge is -2.52. The van der Waals surface area contributed by atoms with Crippen LogP contribution in [0.4, 0.5) is 14.5 Å². The predicted octanol–water partition coefficient (Wildman–Crippen LogP) is 3.17. The molecule has 1 spiro atoms. The summed E-state index contributed by atoms with van der Waals surface area (Å²) < 4.78 is 27.0. The van der Waals surface area contributed by atoms with Crippen LogP contribution in [-0.4, -0.2) is 42.0 Å². The molecule has 0 atom stereocenters. The fourth-order valence-electron chi connectivity index (χ4n) is 4.25. The van der Waals surface area contributed by atoms with Crippen LogP contribution in [0.1, 0.15) is 40.5 Å². The number of halogens is 2. The molecule has 1 saturated heterocycles. The molecule has 0 radical (unpaired) electrons. The number of carbonyl (C=O) groups excluding carboxylic acids is 2. The Labute approximate surface area is 161 Å². The van der Waals surface area contributed by atoms with Crippen molar-refractivity contribution in [3.05, 3.63) is 65.2 Å². The molecule has 2 amide bonds. The number of rotatable bonds is 2. The minimum atomic E-state index is -0.616. The van der Waals surface area contributed by atoms with Crippen LogP contribution < -0.4 is 10.2 Å². The zero-order valence-corrected chi connectivity index (χ0v) is 15.5. The van der Waals surface area contributed by atoms with Crippen LogP contribution in [0.3, 0.4) is 0 Å². The number of nitrogens with one attached hydrogen (secondary N) is 1. The van der Waals surface area contributed by atoms with Gasteiger partial charge in [-0.1, -0.05) is 6.07 Å². The number of benzene rings is 2. The van der Waals surface area contributed by atoms with E-state index < -0.39 is 17.3 Å². The van der Waals surface area contributed by atoms with Gasteiger partial charge in [-0.2, -0.15) is 0 Å². The Kier molecular flexibility index (Phi) is 4.53. The molecule has 0 aliphatic carbocycles. The first-order valence-electron chi connectivity index (χ1n) is 9.38. The average molecular weight is 385 g/mol. The molecular weight excluding hydrogens is 364 g/mol. The maximum atomic E-state index is 13.6. The van der Waals surface area contributed by atoms with Crippen LogP contribution in [0.15, 0.2) is 42.5 Å². The second kappa shape index (κ2) is 6.89. The summed E-state index contributed by atoms with van der Waals surface area (Å²) in [5, 5.41) is 3.05. The van der Waals surface area contributed by atoms with Gasteiger partial charge in [0.1, 0.15) is 17.3 Å². The van der Waals surface area contributed by atoms with E-state index in [0.717, 1.165) is 0 Å². The highest BCUT2D eigenvalue weighted by Crippen LogP contribution is 2.37. The van der Waals surface area contributed by atoms with E-state index in [1.807, 2.05) is 6.92 Å². The summed E-state index contributed by atoms with van der Waals surface area (Å²) in [6.45, 7) is 3.48. The molecule has 4 rings (SSSR count). The first-order valence-corrected chi connectivity index (χ1v) is 9.38. The van der Waals surface area contributed by atoms with Crippen molar-refractivity contribution in [2.45, 2.75) is 25.4 Å². The molecule has 5 nitrogen and oxygen atoms in total. The standard InChI is InChI=1S/C21H21F2N3O2/c1-2-26-18-7-6-16(23)13-17(18)19(27)24-21(26)8-10-25(11-9-21)20(28)14-4-3-5-15(22)12-14/h3-7,12-13H,2,8-11H2,1H3,(H,24,27). The normalized spacial score (nSPS) is 18.0. The van der Waals surface area contributed by atoms with Gasteiger partial charge in [0.05, 0.1) is 11.3 Å². The first-order chi connectivity index (χ1) is 13.4. The highest BCUT2D eigenvalue weighted by Gasteiger charge is 2.45. The van der Waals surface area contributed by atoms with Crippen molar-refractivity contribution < 1.29 is 18.4 Å². The summed E-state index contributed by atoms with van der Waals surface area (Å²) in [5.74, 6) is -1.41. The summed E-state index contributed by atoms with van der Waals surface area (Å²) in [6.07, 6.45) is 1.06. The highest BCUT2D eigenvalue weighted by atomic mass is 19.1. The number of nitrogens with zero attached hydrogens (tertiary/aromatic N) is 2.